The van der Waals surface area contributed by atoms with Crippen molar-refractivity contribution in [1.29, 1.82) is 0 Å². The van der Waals surface area contributed by atoms with Crippen molar-refractivity contribution in [2.45, 2.75) is 26.3 Å². The van der Waals surface area contributed by atoms with E-state index in [0.717, 1.165) is 19.0 Å². The number of pyridine rings is 1. The van der Waals surface area contributed by atoms with E-state index in [0.29, 0.717) is 0 Å². The van der Waals surface area contributed by atoms with Crippen LogP contribution in [0.4, 0.5) is 0 Å². The Bertz CT molecular complexity index is 319. The first-order valence-corrected chi connectivity index (χ1v) is 6.17. The van der Waals surface area contributed by atoms with Gasteiger partial charge in [0.1, 0.15) is 0 Å². The van der Waals surface area contributed by atoms with Crippen LogP contribution in [0.3, 0.4) is 0 Å². The molecule has 16 heavy (non-hydrogen) atoms. The van der Waals surface area contributed by atoms with Gasteiger partial charge in [0.15, 0.2) is 0 Å². The van der Waals surface area contributed by atoms with E-state index in [2.05, 4.69) is 28.6 Å². The van der Waals surface area contributed by atoms with E-state index in [4.69, 9.17) is 0 Å². The number of piperidine rings is 1. The van der Waals surface area contributed by atoms with Crippen LogP contribution in [0.25, 0.3) is 0 Å². The summed E-state index contributed by atoms with van der Waals surface area (Å²) < 4.78 is 0. The smallest absolute Gasteiger partial charge is 0.0315 e. The lowest BCUT2D eigenvalue weighted by Crippen LogP contribution is -2.33. The predicted octanol–water partition coefficient (Wildman–Crippen LogP) is 1.48. The van der Waals surface area contributed by atoms with Gasteiger partial charge in [-0.2, -0.15) is 0 Å². The van der Waals surface area contributed by atoms with Crippen molar-refractivity contribution in [3.63, 3.8) is 0 Å². The molecule has 3 heteroatoms. The quantitative estimate of drug-likeness (QED) is 0.805. The van der Waals surface area contributed by atoms with Gasteiger partial charge in [-0.3, -0.25) is 4.98 Å². The second-order valence-electron chi connectivity index (χ2n) is 4.63. The molecule has 2 N–H and O–H groups in total. The number of nitrogens with one attached hydrogen (secondary N) is 2. The third-order valence-electron chi connectivity index (χ3n) is 3.35. The molecule has 0 aromatic carbocycles. The van der Waals surface area contributed by atoms with Gasteiger partial charge in [0, 0.05) is 18.9 Å². The molecule has 0 radical (unpaired) electrons. The van der Waals surface area contributed by atoms with Crippen LogP contribution in [0.2, 0.25) is 0 Å². The van der Waals surface area contributed by atoms with Gasteiger partial charge in [0.25, 0.3) is 0 Å². The third kappa shape index (κ3) is 3.29. The maximum absolute atomic E-state index is 4.16. The normalized spacial score (nSPS) is 17.6. The Hall–Kier alpha value is -0.930. The van der Waals surface area contributed by atoms with Crippen LogP contribution in [-0.4, -0.2) is 24.6 Å². The predicted molar refractivity (Wildman–Crippen MR) is 66.3 cm³/mol. The molecule has 2 heterocycles. The Morgan fingerprint density at radius 2 is 2.25 bits per heavy atom. The average Bonchev–Trinajstić information content (AvgIpc) is 2.33. The van der Waals surface area contributed by atoms with Crippen LogP contribution in [0.15, 0.2) is 18.5 Å². The van der Waals surface area contributed by atoms with Crippen LogP contribution in [0.5, 0.6) is 0 Å². The minimum Gasteiger partial charge on any atom is -0.317 e. The fraction of sp³-hybridized carbons (Fsp3) is 0.615. The first-order chi connectivity index (χ1) is 7.86. The van der Waals surface area contributed by atoms with Gasteiger partial charge >= 0.3 is 0 Å². The van der Waals surface area contributed by atoms with Crippen LogP contribution < -0.4 is 10.6 Å². The van der Waals surface area contributed by atoms with Gasteiger partial charge in [-0.25, -0.2) is 0 Å². The van der Waals surface area contributed by atoms with Crippen molar-refractivity contribution in [3.8, 4) is 0 Å². The summed E-state index contributed by atoms with van der Waals surface area (Å²) in [7, 11) is 0. The van der Waals surface area contributed by atoms with E-state index in [1.807, 2.05) is 12.4 Å². The minimum atomic E-state index is 0.846. The summed E-state index contributed by atoms with van der Waals surface area (Å²) in [6.07, 6.45) is 6.43. The summed E-state index contributed by atoms with van der Waals surface area (Å²) in [5, 5.41) is 6.94. The molecule has 88 valence electrons. The highest BCUT2D eigenvalue weighted by Gasteiger charge is 2.12. The average molecular weight is 219 g/mol. The molecule has 0 amide bonds. The SMILES string of the molecule is Cc1ccncc1CNCC1CCNCC1. The number of hydrogen-bond donors (Lipinski definition) is 2. The lowest BCUT2D eigenvalue weighted by molar-refractivity contribution is 0.356. The van der Waals surface area contributed by atoms with Gasteiger partial charge in [-0.1, -0.05) is 0 Å². The summed E-state index contributed by atoms with van der Waals surface area (Å²) in [4.78, 5) is 4.16. The number of aryl methyl sites for hydroxylation is 1. The van der Waals surface area contributed by atoms with Crippen molar-refractivity contribution < 1.29 is 0 Å². The molecule has 1 aromatic heterocycles. The number of hydrogen-bond acceptors (Lipinski definition) is 3. The molecule has 1 aliphatic rings. The Balaban J connectivity index is 1.73. The first-order valence-electron chi connectivity index (χ1n) is 6.17. The number of rotatable bonds is 4. The highest BCUT2D eigenvalue weighted by atomic mass is 14.9. The van der Waals surface area contributed by atoms with Crippen molar-refractivity contribution >= 4 is 0 Å². The monoisotopic (exact) mass is 219 g/mol. The van der Waals surface area contributed by atoms with Crippen LogP contribution in [0, 0.1) is 12.8 Å². The highest BCUT2D eigenvalue weighted by molar-refractivity contribution is 5.20. The Morgan fingerprint density at radius 3 is 3.00 bits per heavy atom. The molecule has 0 spiro atoms. The number of nitrogens with zero attached hydrogens (tertiary/aromatic N) is 1. The van der Waals surface area contributed by atoms with Crippen molar-refractivity contribution in [2.24, 2.45) is 5.92 Å². The molecule has 1 fully saturated rings. The number of aromatic nitrogens is 1. The van der Waals surface area contributed by atoms with Gasteiger partial charge in [0.2, 0.25) is 0 Å². The second-order valence-corrected chi connectivity index (χ2v) is 4.63. The molecule has 0 saturated carbocycles. The first kappa shape index (κ1) is 11.6. The molecule has 1 aliphatic heterocycles. The third-order valence-corrected chi connectivity index (χ3v) is 3.35. The maximum Gasteiger partial charge on any atom is 0.0315 e. The molecular formula is C13H21N3. The Labute approximate surface area is 97.7 Å². The van der Waals surface area contributed by atoms with Crippen LogP contribution in [0.1, 0.15) is 24.0 Å². The van der Waals surface area contributed by atoms with E-state index in [9.17, 15) is 0 Å². The zero-order chi connectivity index (χ0) is 11.2. The van der Waals surface area contributed by atoms with E-state index in [1.165, 1.54) is 37.1 Å². The van der Waals surface area contributed by atoms with Crippen molar-refractivity contribution in [1.82, 2.24) is 15.6 Å². The van der Waals surface area contributed by atoms with Gasteiger partial charge in [-0.15, -0.1) is 0 Å². The summed E-state index contributed by atoms with van der Waals surface area (Å²) in [6, 6.07) is 2.07. The molecular weight excluding hydrogens is 198 g/mol. The summed E-state index contributed by atoms with van der Waals surface area (Å²) >= 11 is 0. The molecule has 2 rings (SSSR count). The van der Waals surface area contributed by atoms with Gasteiger partial charge < -0.3 is 10.6 Å². The van der Waals surface area contributed by atoms with E-state index in [1.54, 1.807) is 0 Å². The fourth-order valence-electron chi connectivity index (χ4n) is 2.18. The lowest BCUT2D eigenvalue weighted by Gasteiger charge is -2.22. The van der Waals surface area contributed by atoms with Crippen molar-refractivity contribution in [3.05, 3.63) is 29.6 Å². The van der Waals surface area contributed by atoms with Gasteiger partial charge in [-0.05, 0) is 62.5 Å². The highest BCUT2D eigenvalue weighted by Crippen LogP contribution is 2.10. The Kier molecular flexibility index (Phi) is 4.31. The molecule has 0 bridgehead atoms. The van der Waals surface area contributed by atoms with Crippen LogP contribution >= 0.6 is 0 Å². The molecule has 0 unspecified atom stereocenters. The zero-order valence-electron chi connectivity index (χ0n) is 10.00. The summed E-state index contributed by atoms with van der Waals surface area (Å²) in [5.41, 5.74) is 2.64. The molecule has 0 aliphatic carbocycles. The topological polar surface area (TPSA) is 37.0 Å². The van der Waals surface area contributed by atoms with Crippen LogP contribution in [-0.2, 0) is 6.54 Å². The van der Waals surface area contributed by atoms with E-state index >= 15 is 0 Å². The summed E-state index contributed by atoms with van der Waals surface area (Å²) in [6.45, 7) is 6.58. The molecule has 1 saturated heterocycles. The Morgan fingerprint density at radius 1 is 1.44 bits per heavy atom. The van der Waals surface area contributed by atoms with E-state index < -0.39 is 0 Å². The second kappa shape index (κ2) is 5.97. The van der Waals surface area contributed by atoms with Crippen molar-refractivity contribution in [2.75, 3.05) is 19.6 Å². The fourth-order valence-corrected chi connectivity index (χ4v) is 2.18. The standard InChI is InChI=1S/C13H21N3/c1-11-2-5-15-9-13(11)10-16-8-12-3-6-14-7-4-12/h2,5,9,12,14,16H,3-4,6-8,10H2,1H3. The maximum atomic E-state index is 4.16. The largest absolute Gasteiger partial charge is 0.317 e. The molecule has 3 nitrogen and oxygen atoms in total. The summed E-state index contributed by atoms with van der Waals surface area (Å²) in [5.74, 6) is 0.846. The van der Waals surface area contributed by atoms with Gasteiger partial charge in [0.05, 0.1) is 0 Å². The zero-order valence-corrected chi connectivity index (χ0v) is 10.00. The van der Waals surface area contributed by atoms with E-state index in [-0.39, 0.29) is 0 Å². The molecule has 1 aromatic rings. The lowest BCUT2D eigenvalue weighted by atomic mass is 9.98. The minimum absolute atomic E-state index is 0.846. The molecule has 0 atom stereocenters.